The maximum atomic E-state index is 9.30. The average Bonchev–Trinajstić information content (AvgIpc) is 1.59. The van der Waals surface area contributed by atoms with Gasteiger partial charge in [0.05, 0.1) is 34.2 Å². The highest BCUT2D eigenvalue weighted by Crippen LogP contribution is 2.51. The number of pyridine rings is 3. The highest BCUT2D eigenvalue weighted by Gasteiger charge is 2.37. The smallest absolute Gasteiger partial charge is 0.423 e. The monoisotopic (exact) mass is 1770 g/mol. The predicted octanol–water partition coefficient (Wildman–Crippen LogP) is 28.7. The number of halogens is 3. The molecule has 0 radical (unpaired) electrons. The fourth-order valence-electron chi connectivity index (χ4n) is 17.0. The molecule has 0 aliphatic heterocycles. The van der Waals surface area contributed by atoms with Crippen LogP contribution in [0.3, 0.4) is 0 Å². The minimum Gasteiger partial charge on any atom is -0.423 e. The van der Waals surface area contributed by atoms with Crippen LogP contribution in [0, 0.1) is 0 Å². The van der Waals surface area contributed by atoms with Gasteiger partial charge in [-0.25, -0.2) is 15.0 Å². The van der Waals surface area contributed by atoms with Gasteiger partial charge in [0.1, 0.15) is 0 Å². The Morgan fingerprint density at radius 3 is 0.775 bits per heavy atom. The van der Waals surface area contributed by atoms with Gasteiger partial charge < -0.3 is 20.1 Å². The third kappa shape index (κ3) is 20.2. The molecule has 129 heavy (non-hydrogen) atoms. The Balaban J connectivity index is 0.000000122. The predicted molar refractivity (Wildman–Crippen MR) is 543 cm³/mol. The van der Waals surface area contributed by atoms with Crippen LogP contribution in [0.2, 0.25) is 10.0 Å². The van der Waals surface area contributed by atoms with Crippen molar-refractivity contribution < 1.29 is 20.1 Å². The normalized spacial score (nSPS) is 12.0. The zero-order chi connectivity index (χ0) is 89.0. The van der Waals surface area contributed by atoms with E-state index in [2.05, 4.69) is 329 Å². The van der Waals surface area contributed by atoms with Crippen LogP contribution in [-0.4, -0.2) is 49.3 Å². The summed E-state index contributed by atoms with van der Waals surface area (Å²) < 4.78 is 1.07. The summed E-state index contributed by atoms with van der Waals surface area (Å²) in [5.41, 5.74) is 37.9. The van der Waals surface area contributed by atoms with E-state index in [9.17, 15) is 10.0 Å². The van der Waals surface area contributed by atoms with E-state index in [0.29, 0.717) is 15.9 Å². The second-order valence-electron chi connectivity index (χ2n) is 33.0. The van der Waals surface area contributed by atoms with Gasteiger partial charge in [0.15, 0.2) is 0 Å². The summed E-state index contributed by atoms with van der Waals surface area (Å²) in [4.78, 5) is 15.0. The zero-order valence-corrected chi connectivity index (χ0v) is 74.7. The van der Waals surface area contributed by atoms with Crippen LogP contribution in [0.15, 0.2) is 453 Å². The standard InChI is InChI=1S/C44H33N.C29H20ClN.C23H16BrN.C15H15BO2.C6H6BClO2/c1-44(2)40-22-10-9-21-38(40)39-24-23-36(27-41(39)44)34-19-11-17-32(25-34)33-18-12-20-35(26-33)37-28-42(30-13-5-3-6-14-30)45-43(29-37)31-15-7-4-8-16-31;30-27-16-8-15-25(18-27)23-13-7-14-24(17-23)26-19-28(21-9-3-1-4-10-21)31-29(20-26)22-11-5-2-6-12-22;24-21-13-7-12-19(14-21)20-15-22(17-8-3-1-4-9-17)25-23(16-20)18-10-5-2-6-11-18;1-15(2)13-6-4-3-5-11(13)12-8-7-10(16(17)18)9-14(12)15;8-6-3-1-2-5(4-6)7(9)10/h3-29H,1-2H3;1-20H;1-16H;3-9,17-18H,1-2H3;1-4,9-10H. The molecule has 2 aliphatic rings. The van der Waals surface area contributed by atoms with E-state index in [4.69, 9.17) is 48.2 Å². The van der Waals surface area contributed by atoms with Gasteiger partial charge in [0.25, 0.3) is 0 Å². The Morgan fingerprint density at radius 2 is 0.450 bits per heavy atom. The molecule has 0 bridgehead atoms. The van der Waals surface area contributed by atoms with Gasteiger partial charge in [-0.1, -0.05) is 419 Å². The second kappa shape index (κ2) is 39.5. The Bertz CT molecular complexity index is 7000. The van der Waals surface area contributed by atoms with Crippen molar-refractivity contribution in [2.75, 3.05) is 0 Å². The number of fused-ring (bicyclic) bond motifs is 6. The van der Waals surface area contributed by atoms with Crippen LogP contribution in [0.25, 0.3) is 157 Å². The van der Waals surface area contributed by atoms with Crippen LogP contribution >= 0.6 is 39.1 Å². The molecule has 7 nitrogen and oxygen atoms in total. The number of rotatable bonds is 14. The number of hydrogen-bond acceptors (Lipinski definition) is 7. The zero-order valence-electron chi connectivity index (χ0n) is 71.6. The quantitative estimate of drug-likeness (QED) is 0.0801. The molecule has 0 saturated carbocycles. The van der Waals surface area contributed by atoms with Gasteiger partial charge in [0.2, 0.25) is 0 Å². The summed E-state index contributed by atoms with van der Waals surface area (Å²) in [5, 5.41) is 37.1. The second-order valence-corrected chi connectivity index (χ2v) is 34.8. The Kier molecular flexibility index (Phi) is 26.7. The largest absolute Gasteiger partial charge is 0.488 e. The average molecular weight is 1770 g/mol. The maximum Gasteiger partial charge on any atom is 0.488 e. The first-order chi connectivity index (χ1) is 62.8. The van der Waals surface area contributed by atoms with Gasteiger partial charge in [-0.05, 0) is 219 Å². The summed E-state index contributed by atoms with van der Waals surface area (Å²) >= 11 is 15.4. The van der Waals surface area contributed by atoms with Crippen molar-refractivity contribution in [1.29, 1.82) is 0 Å². The highest BCUT2D eigenvalue weighted by molar-refractivity contribution is 9.10. The van der Waals surface area contributed by atoms with E-state index in [1.165, 1.54) is 78.4 Å². The minimum atomic E-state index is -1.43. The van der Waals surface area contributed by atoms with Crippen LogP contribution in [0.1, 0.15) is 49.9 Å². The summed E-state index contributed by atoms with van der Waals surface area (Å²) in [6, 6.07) is 154. The molecule has 19 aromatic rings. The first kappa shape index (κ1) is 87.1. The van der Waals surface area contributed by atoms with Crippen molar-refractivity contribution in [2.24, 2.45) is 0 Å². The topological polar surface area (TPSA) is 120 Å². The first-order valence-corrected chi connectivity index (χ1v) is 44.6. The fraction of sp³-hybridized carbons (Fsp3) is 0.0513. The maximum absolute atomic E-state index is 9.30. The molecule has 3 aromatic heterocycles. The molecular weight excluding hydrogens is 1680 g/mol. The SMILES string of the molecule is Brc1cccc(-c2cc(-c3ccccc3)nc(-c3ccccc3)c2)c1.CC1(C)c2ccccc2-c2ccc(-c3cccc(-c4cccc(-c5cc(-c6ccccc6)nc(-c6ccccc6)c5)c4)c3)cc21.CC1(C)c2ccccc2-c2ccc(B(O)O)cc21.Clc1cccc(-c2cccc(-c3cc(-c4ccccc4)nc(-c4ccccc4)c3)c2)c1.OB(O)c1cccc(Cl)c1. The number of aromatic nitrogens is 3. The summed E-state index contributed by atoms with van der Waals surface area (Å²) in [6.45, 7) is 9.03. The van der Waals surface area contributed by atoms with Gasteiger partial charge >= 0.3 is 14.2 Å². The number of benzene rings is 16. The molecule has 0 amide bonds. The molecule has 624 valence electrons. The van der Waals surface area contributed by atoms with Crippen LogP contribution < -0.4 is 10.9 Å². The lowest BCUT2D eigenvalue weighted by Gasteiger charge is -2.22. The lowest BCUT2D eigenvalue weighted by molar-refractivity contribution is 0.424. The number of hydrogen-bond donors (Lipinski definition) is 4. The third-order valence-electron chi connectivity index (χ3n) is 23.8. The van der Waals surface area contributed by atoms with E-state index in [1.54, 1.807) is 24.3 Å². The molecule has 4 N–H and O–H groups in total. The van der Waals surface area contributed by atoms with E-state index < -0.39 is 14.2 Å². The van der Waals surface area contributed by atoms with Gasteiger partial charge in [-0.2, -0.15) is 0 Å². The highest BCUT2D eigenvalue weighted by atomic mass is 79.9. The Morgan fingerprint density at radius 1 is 0.202 bits per heavy atom. The van der Waals surface area contributed by atoms with Crippen molar-refractivity contribution in [3.63, 3.8) is 0 Å². The summed E-state index contributed by atoms with van der Waals surface area (Å²) in [6.07, 6.45) is 0. The molecule has 0 atom stereocenters. The van der Waals surface area contributed by atoms with Crippen LogP contribution in [0.4, 0.5) is 0 Å². The lowest BCUT2D eigenvalue weighted by Crippen LogP contribution is -2.31. The molecule has 2 aliphatic carbocycles. The molecule has 0 fully saturated rings. The lowest BCUT2D eigenvalue weighted by atomic mass is 9.75. The van der Waals surface area contributed by atoms with Crippen molar-refractivity contribution in [2.45, 2.75) is 38.5 Å². The number of nitrogens with zero attached hydrogens (tertiary/aromatic N) is 3. The van der Waals surface area contributed by atoms with E-state index >= 15 is 0 Å². The van der Waals surface area contributed by atoms with E-state index in [-0.39, 0.29) is 10.8 Å². The molecular formula is C117H90B2BrCl2N3O4. The van der Waals surface area contributed by atoms with Crippen LogP contribution in [0.5, 0.6) is 0 Å². The molecule has 0 unspecified atom stereocenters. The minimum absolute atomic E-state index is 0.0182. The molecule has 3 heterocycles. The van der Waals surface area contributed by atoms with Crippen molar-refractivity contribution >= 4 is 64.3 Å². The summed E-state index contributed by atoms with van der Waals surface area (Å²) in [7, 11) is -2.84. The van der Waals surface area contributed by atoms with Gasteiger partial charge in [-0.15, -0.1) is 0 Å². The molecule has 12 heteroatoms. The Labute approximate surface area is 774 Å². The third-order valence-corrected chi connectivity index (χ3v) is 24.7. The van der Waals surface area contributed by atoms with Crippen molar-refractivity contribution in [3.8, 4) is 157 Å². The fourth-order valence-corrected chi connectivity index (χ4v) is 17.8. The molecule has 16 aromatic carbocycles. The van der Waals surface area contributed by atoms with Gasteiger partial charge in [0, 0.05) is 58.7 Å². The molecule has 0 saturated heterocycles. The Hall–Kier alpha value is -14.0. The van der Waals surface area contributed by atoms with Crippen molar-refractivity contribution in [3.05, 3.63) is 486 Å². The van der Waals surface area contributed by atoms with Crippen LogP contribution in [-0.2, 0) is 10.8 Å². The summed E-state index contributed by atoms with van der Waals surface area (Å²) in [5.74, 6) is 0. The van der Waals surface area contributed by atoms with Crippen molar-refractivity contribution in [1.82, 2.24) is 15.0 Å². The van der Waals surface area contributed by atoms with Gasteiger partial charge in [-0.3, -0.25) is 0 Å². The first-order valence-electron chi connectivity index (χ1n) is 43.0. The van der Waals surface area contributed by atoms with E-state index in [1.807, 2.05) is 133 Å². The van der Waals surface area contributed by atoms with E-state index in [0.717, 1.165) is 116 Å². The molecule has 0 spiro atoms. The molecule has 21 rings (SSSR count).